The molecule has 0 saturated carbocycles. The zero-order valence-electron chi connectivity index (χ0n) is 19.5. The summed E-state index contributed by atoms with van der Waals surface area (Å²) >= 11 is 1.46. The summed E-state index contributed by atoms with van der Waals surface area (Å²) in [5.41, 5.74) is 5.08. The van der Waals surface area contributed by atoms with E-state index in [9.17, 15) is 14.4 Å². The Hall–Kier alpha value is -3.65. The van der Waals surface area contributed by atoms with Crippen molar-refractivity contribution in [3.63, 3.8) is 0 Å². The number of ketones is 1. The van der Waals surface area contributed by atoms with Crippen LogP contribution in [0.4, 0.5) is 5.82 Å². The van der Waals surface area contributed by atoms with Gasteiger partial charge in [0, 0.05) is 29.4 Å². The third kappa shape index (κ3) is 4.53. The monoisotopic (exact) mass is 487 g/mol. The van der Waals surface area contributed by atoms with E-state index in [0.717, 1.165) is 29.7 Å². The second-order valence-corrected chi connectivity index (χ2v) is 9.71. The SMILES string of the molecule is COC(=O)c1ccc(C2C3=C(CCCC3=O)Nc3nc(SCc4ccc(C)cc4)[nH]c(=O)c32)cc1. The number of nitrogens with zero attached hydrogens (tertiary/aromatic N) is 1. The number of carbonyl (C=O) groups excluding carboxylic acids is 2. The minimum atomic E-state index is -0.548. The van der Waals surface area contributed by atoms with Crippen molar-refractivity contribution < 1.29 is 14.3 Å². The fourth-order valence-electron chi connectivity index (χ4n) is 4.61. The molecule has 2 aromatic carbocycles. The standard InChI is InChI=1S/C27H25N3O4S/c1-15-6-8-16(9-7-15)14-35-27-29-24-23(25(32)30-27)21(22-19(28-24)4-3-5-20(22)31)17-10-12-18(13-11-17)26(33)34-2/h6-13,21H,3-5,14H2,1-2H3,(H2,28,29,30,32). The summed E-state index contributed by atoms with van der Waals surface area (Å²) < 4.78 is 4.79. The average Bonchev–Trinajstić information content (AvgIpc) is 2.87. The van der Waals surface area contributed by atoms with E-state index in [4.69, 9.17) is 9.72 Å². The number of aryl methyl sites for hydroxylation is 1. The highest BCUT2D eigenvalue weighted by Crippen LogP contribution is 2.43. The third-order valence-electron chi connectivity index (χ3n) is 6.40. The van der Waals surface area contributed by atoms with Crippen molar-refractivity contribution in [2.45, 2.75) is 43.0 Å². The number of nitrogens with one attached hydrogen (secondary N) is 2. The minimum Gasteiger partial charge on any atom is -0.465 e. The number of aromatic nitrogens is 2. The van der Waals surface area contributed by atoms with Crippen molar-refractivity contribution in [3.8, 4) is 0 Å². The minimum absolute atomic E-state index is 0.0312. The van der Waals surface area contributed by atoms with Crippen LogP contribution in [0.2, 0.25) is 0 Å². The molecule has 0 fully saturated rings. The van der Waals surface area contributed by atoms with Crippen molar-refractivity contribution in [2.75, 3.05) is 12.4 Å². The molecule has 3 aromatic rings. The lowest BCUT2D eigenvalue weighted by Gasteiger charge is -2.32. The van der Waals surface area contributed by atoms with Gasteiger partial charge in [-0.05, 0) is 43.0 Å². The lowest BCUT2D eigenvalue weighted by molar-refractivity contribution is -0.116. The first-order valence-electron chi connectivity index (χ1n) is 11.5. The topological polar surface area (TPSA) is 101 Å². The highest BCUT2D eigenvalue weighted by Gasteiger charge is 2.37. The molecule has 8 heteroatoms. The molecule has 1 unspecified atom stereocenters. The van der Waals surface area contributed by atoms with Gasteiger partial charge in [-0.2, -0.15) is 0 Å². The number of ether oxygens (including phenoxy) is 1. The van der Waals surface area contributed by atoms with Gasteiger partial charge in [0.1, 0.15) is 5.82 Å². The number of allylic oxidation sites excluding steroid dienone is 2. The van der Waals surface area contributed by atoms with Gasteiger partial charge >= 0.3 is 5.97 Å². The van der Waals surface area contributed by atoms with Crippen LogP contribution in [-0.4, -0.2) is 28.8 Å². The Kier molecular flexibility index (Phi) is 6.30. The first-order chi connectivity index (χ1) is 16.9. The van der Waals surface area contributed by atoms with Crippen LogP contribution in [0.3, 0.4) is 0 Å². The summed E-state index contributed by atoms with van der Waals surface area (Å²) in [5, 5.41) is 3.82. The van der Waals surface area contributed by atoms with Gasteiger partial charge in [-0.25, -0.2) is 9.78 Å². The maximum Gasteiger partial charge on any atom is 0.337 e. The zero-order chi connectivity index (χ0) is 24.5. The molecule has 2 heterocycles. The van der Waals surface area contributed by atoms with E-state index in [1.54, 1.807) is 24.3 Å². The van der Waals surface area contributed by atoms with Gasteiger partial charge in [-0.15, -0.1) is 0 Å². The Balaban J connectivity index is 1.53. The molecule has 0 bridgehead atoms. The van der Waals surface area contributed by atoms with Crippen molar-refractivity contribution in [1.82, 2.24) is 9.97 Å². The lowest BCUT2D eigenvalue weighted by atomic mass is 9.76. The summed E-state index contributed by atoms with van der Waals surface area (Å²) in [6.45, 7) is 2.05. The highest BCUT2D eigenvalue weighted by atomic mass is 32.2. The molecule has 5 rings (SSSR count). The quantitative estimate of drug-likeness (QED) is 0.305. The number of esters is 1. The number of carbonyl (C=O) groups is 2. The molecular formula is C27H25N3O4S. The molecule has 1 aromatic heterocycles. The molecule has 1 aliphatic carbocycles. The normalized spacial score (nSPS) is 16.9. The first kappa shape index (κ1) is 23.1. The number of anilines is 1. The Bertz CT molecular complexity index is 1390. The van der Waals surface area contributed by atoms with Gasteiger partial charge in [-0.1, -0.05) is 53.7 Å². The Morgan fingerprint density at radius 3 is 2.54 bits per heavy atom. The number of thioether (sulfide) groups is 1. The third-order valence-corrected chi connectivity index (χ3v) is 7.34. The molecule has 0 spiro atoms. The van der Waals surface area contributed by atoms with E-state index in [1.165, 1.54) is 24.4 Å². The summed E-state index contributed by atoms with van der Waals surface area (Å²) in [5.74, 6) is 0.200. The van der Waals surface area contributed by atoms with Crippen LogP contribution in [0.15, 0.2) is 69.8 Å². The van der Waals surface area contributed by atoms with Gasteiger partial charge in [0.25, 0.3) is 5.56 Å². The maximum absolute atomic E-state index is 13.4. The largest absolute Gasteiger partial charge is 0.465 e. The van der Waals surface area contributed by atoms with E-state index in [1.807, 2.05) is 6.92 Å². The van der Waals surface area contributed by atoms with Gasteiger partial charge in [-0.3, -0.25) is 9.59 Å². The van der Waals surface area contributed by atoms with Gasteiger partial charge in [0.2, 0.25) is 0 Å². The first-order valence-corrected chi connectivity index (χ1v) is 12.5. The smallest absolute Gasteiger partial charge is 0.337 e. The second kappa shape index (κ2) is 9.54. The van der Waals surface area contributed by atoms with Gasteiger partial charge in [0.05, 0.1) is 18.2 Å². The van der Waals surface area contributed by atoms with Crippen molar-refractivity contribution in [1.29, 1.82) is 0 Å². The fraction of sp³-hybridized carbons (Fsp3) is 0.259. The number of benzene rings is 2. The number of aromatic amines is 1. The maximum atomic E-state index is 13.4. The molecule has 0 saturated heterocycles. The number of H-pyrrole nitrogens is 1. The molecule has 1 aliphatic heterocycles. The predicted molar refractivity (Wildman–Crippen MR) is 135 cm³/mol. The predicted octanol–water partition coefficient (Wildman–Crippen LogP) is 4.72. The molecule has 0 amide bonds. The van der Waals surface area contributed by atoms with Crippen LogP contribution < -0.4 is 10.9 Å². The van der Waals surface area contributed by atoms with E-state index in [-0.39, 0.29) is 11.3 Å². The van der Waals surface area contributed by atoms with E-state index in [2.05, 4.69) is 34.6 Å². The summed E-state index contributed by atoms with van der Waals surface area (Å²) in [6.07, 6.45) is 1.92. The molecular weight excluding hydrogens is 462 g/mol. The second-order valence-electron chi connectivity index (χ2n) is 8.75. The van der Waals surface area contributed by atoms with Crippen LogP contribution >= 0.6 is 11.8 Å². The van der Waals surface area contributed by atoms with Crippen molar-refractivity contribution >= 4 is 29.3 Å². The summed E-state index contributed by atoms with van der Waals surface area (Å²) in [7, 11) is 1.33. The highest BCUT2D eigenvalue weighted by molar-refractivity contribution is 7.98. The molecule has 35 heavy (non-hydrogen) atoms. The van der Waals surface area contributed by atoms with E-state index >= 15 is 0 Å². The Morgan fingerprint density at radius 1 is 1.09 bits per heavy atom. The molecule has 2 N–H and O–H groups in total. The number of fused-ring (bicyclic) bond motifs is 1. The number of Topliss-reactive ketones (excluding diaryl/α,β-unsaturated/α-hetero) is 1. The number of methoxy groups -OCH3 is 1. The van der Waals surface area contributed by atoms with Gasteiger partial charge < -0.3 is 15.0 Å². The van der Waals surface area contributed by atoms with E-state index < -0.39 is 11.9 Å². The average molecular weight is 488 g/mol. The molecule has 1 atom stereocenters. The van der Waals surface area contributed by atoms with Gasteiger partial charge in [0.15, 0.2) is 10.9 Å². The molecule has 2 aliphatic rings. The number of hydrogen-bond donors (Lipinski definition) is 2. The van der Waals surface area contributed by atoms with Crippen LogP contribution in [0.25, 0.3) is 0 Å². The molecule has 7 nitrogen and oxygen atoms in total. The Labute approximate surface area is 207 Å². The van der Waals surface area contributed by atoms with E-state index in [0.29, 0.717) is 39.8 Å². The van der Waals surface area contributed by atoms with Crippen LogP contribution in [0.5, 0.6) is 0 Å². The number of hydrogen-bond acceptors (Lipinski definition) is 7. The van der Waals surface area contributed by atoms with Crippen LogP contribution in [0, 0.1) is 6.92 Å². The van der Waals surface area contributed by atoms with Crippen molar-refractivity contribution in [2.24, 2.45) is 0 Å². The molecule has 178 valence electrons. The lowest BCUT2D eigenvalue weighted by Crippen LogP contribution is -2.32. The fourth-order valence-corrected chi connectivity index (χ4v) is 5.42. The number of rotatable bonds is 5. The summed E-state index contributed by atoms with van der Waals surface area (Å²) in [6, 6.07) is 15.1. The summed E-state index contributed by atoms with van der Waals surface area (Å²) in [4.78, 5) is 45.9. The Morgan fingerprint density at radius 2 is 1.83 bits per heavy atom. The molecule has 0 radical (unpaired) electrons. The zero-order valence-corrected chi connectivity index (χ0v) is 20.3. The van der Waals surface area contributed by atoms with Crippen molar-refractivity contribution in [3.05, 3.63) is 98.0 Å². The van der Waals surface area contributed by atoms with Crippen LogP contribution in [-0.2, 0) is 15.3 Å². The van der Waals surface area contributed by atoms with Crippen LogP contribution in [0.1, 0.15) is 57.8 Å².